The first-order valence-corrected chi connectivity index (χ1v) is 20.7. The first kappa shape index (κ1) is 44.5. The molecule has 5 N–H and O–H groups in total. The van der Waals surface area contributed by atoms with Crippen molar-refractivity contribution >= 4 is 46.2 Å². The molecular weight excluding hydrogens is 785 g/mol. The molecule has 4 atom stereocenters. The number of allylic oxidation sites excluding steroid dienone is 2. The van der Waals surface area contributed by atoms with Gasteiger partial charge in [-0.15, -0.1) is 13.2 Å². The number of esters is 1. The second-order valence-electron chi connectivity index (χ2n) is 15.2. The molecule has 0 aromatic heterocycles. The maximum atomic E-state index is 13.9. The molecule has 12 heteroatoms. The molecule has 4 unspecified atom stereocenters. The van der Waals surface area contributed by atoms with E-state index in [9.17, 15) is 29.1 Å². The Kier molecular flexibility index (Phi) is 15.8. The Bertz CT molecular complexity index is 2340. The summed E-state index contributed by atoms with van der Waals surface area (Å²) >= 11 is 0. The Morgan fingerprint density at radius 1 is 0.694 bits per heavy atom. The van der Waals surface area contributed by atoms with Gasteiger partial charge in [0.25, 0.3) is 5.91 Å². The fourth-order valence-electron chi connectivity index (χ4n) is 7.61. The highest BCUT2D eigenvalue weighted by Gasteiger charge is 2.32. The van der Waals surface area contributed by atoms with E-state index in [1.54, 1.807) is 18.2 Å². The minimum Gasteiger partial charge on any atom is -0.461 e. The lowest BCUT2D eigenvalue weighted by Gasteiger charge is -2.24. The van der Waals surface area contributed by atoms with E-state index >= 15 is 0 Å². The monoisotopic (exact) mass is 836 g/mol. The van der Waals surface area contributed by atoms with E-state index in [2.05, 4.69) is 34.4 Å². The van der Waals surface area contributed by atoms with Gasteiger partial charge in [0.1, 0.15) is 25.3 Å². The summed E-state index contributed by atoms with van der Waals surface area (Å²) in [6, 6.07) is 35.0. The molecule has 320 valence electrons. The Morgan fingerprint density at radius 2 is 1.35 bits per heavy atom. The van der Waals surface area contributed by atoms with Crippen LogP contribution in [-0.2, 0) is 35.1 Å². The third kappa shape index (κ3) is 11.8. The van der Waals surface area contributed by atoms with Crippen LogP contribution in [0.4, 0.5) is 10.5 Å². The van der Waals surface area contributed by atoms with Crippen LogP contribution < -0.4 is 21.3 Å². The number of carbonyl (C=O) groups is 5. The number of aliphatic hydroxyl groups excluding tert-OH is 1. The van der Waals surface area contributed by atoms with E-state index in [4.69, 9.17) is 9.47 Å². The van der Waals surface area contributed by atoms with Crippen LogP contribution in [0.1, 0.15) is 48.3 Å². The molecule has 0 saturated carbocycles. The van der Waals surface area contributed by atoms with Crippen LogP contribution in [0.3, 0.4) is 0 Å². The number of hydrogen-bond donors (Lipinski definition) is 5. The fourth-order valence-corrected chi connectivity index (χ4v) is 7.61. The molecule has 0 bridgehead atoms. The first-order valence-electron chi connectivity index (χ1n) is 20.7. The minimum absolute atomic E-state index is 0.0315. The minimum atomic E-state index is -1.41. The van der Waals surface area contributed by atoms with Gasteiger partial charge >= 0.3 is 12.1 Å². The zero-order chi connectivity index (χ0) is 43.8. The van der Waals surface area contributed by atoms with E-state index in [0.29, 0.717) is 18.5 Å². The predicted octanol–water partition coefficient (Wildman–Crippen LogP) is 6.98. The number of anilines is 1. The van der Waals surface area contributed by atoms with Gasteiger partial charge in [0, 0.05) is 18.0 Å². The molecule has 0 fully saturated rings. The molecule has 0 spiro atoms. The van der Waals surface area contributed by atoms with Gasteiger partial charge in [-0.1, -0.05) is 121 Å². The second-order valence-corrected chi connectivity index (χ2v) is 15.2. The number of aliphatic hydroxyl groups is 1. The Labute approximate surface area is 361 Å². The van der Waals surface area contributed by atoms with E-state index < -0.39 is 60.4 Å². The second kappa shape index (κ2) is 22.0. The van der Waals surface area contributed by atoms with Gasteiger partial charge in [-0.25, -0.2) is 9.59 Å². The van der Waals surface area contributed by atoms with Crippen molar-refractivity contribution in [2.24, 2.45) is 5.92 Å². The molecule has 0 radical (unpaired) electrons. The Morgan fingerprint density at radius 3 is 2.03 bits per heavy atom. The van der Waals surface area contributed by atoms with Crippen LogP contribution in [0.25, 0.3) is 21.9 Å². The molecule has 5 aromatic rings. The summed E-state index contributed by atoms with van der Waals surface area (Å²) in [6.45, 7) is 6.60. The zero-order valence-corrected chi connectivity index (χ0v) is 34.5. The molecule has 5 aromatic carbocycles. The van der Waals surface area contributed by atoms with Crippen molar-refractivity contribution in [3.05, 3.63) is 163 Å². The van der Waals surface area contributed by atoms with Gasteiger partial charge in [0.15, 0.2) is 0 Å². The molecule has 1 aliphatic carbocycles. The number of carbonyl (C=O) groups excluding carboxylic acids is 5. The van der Waals surface area contributed by atoms with Gasteiger partial charge < -0.3 is 35.8 Å². The number of amides is 4. The predicted molar refractivity (Wildman–Crippen MR) is 239 cm³/mol. The highest BCUT2D eigenvalue weighted by molar-refractivity contribution is 6.00. The molecule has 12 nitrogen and oxygen atoms in total. The van der Waals surface area contributed by atoms with E-state index in [1.807, 2.05) is 109 Å². The maximum Gasteiger partial charge on any atom is 0.407 e. The van der Waals surface area contributed by atoms with Gasteiger partial charge in [-0.2, -0.15) is 0 Å². The lowest BCUT2D eigenvalue weighted by molar-refractivity contribution is -0.148. The summed E-state index contributed by atoms with van der Waals surface area (Å²) in [5.74, 6) is -3.81. The summed E-state index contributed by atoms with van der Waals surface area (Å²) in [5, 5.41) is 22.7. The number of ether oxygens (including phenoxy) is 2. The van der Waals surface area contributed by atoms with Crippen LogP contribution in [0.15, 0.2) is 147 Å². The first-order chi connectivity index (χ1) is 30.2. The van der Waals surface area contributed by atoms with Crippen LogP contribution in [-0.4, -0.2) is 72.8 Å². The standard InChI is InChI=1S/C50H52N4O8/c1-3-5-24-44(54-50(60)62-31-43-41-22-13-11-20-39(41)40-21-12-14-23-42(40)43)49(59)61-32-45(48(58)52-37-26-25-34-18-9-10-19-35(34)28-37)53-47(57)36(15-4-2)29-46(56)51-38(30-55)27-33-16-7-6-8-17-33/h3-4,6-14,16-23,25-26,28,36,38,43-45,55H,1-2,5,15,24,27,29-32H2,(H,51,56)(H,52,58)(H,53,57)(H,54,60). The van der Waals surface area contributed by atoms with Crippen LogP contribution in [0.2, 0.25) is 0 Å². The van der Waals surface area contributed by atoms with Crippen LogP contribution in [0.5, 0.6) is 0 Å². The number of alkyl carbamates (subject to hydrolysis) is 1. The highest BCUT2D eigenvalue weighted by Crippen LogP contribution is 2.44. The highest BCUT2D eigenvalue weighted by atomic mass is 16.6. The largest absolute Gasteiger partial charge is 0.461 e. The van der Waals surface area contributed by atoms with Gasteiger partial charge in [-0.05, 0) is 76.4 Å². The summed E-state index contributed by atoms with van der Waals surface area (Å²) in [4.78, 5) is 67.9. The SMILES string of the molecule is C=CCCC(NC(=O)OCC1c2ccccc2-c2ccccc21)C(=O)OCC(NC(=O)C(CC=C)CC(=O)NC(CO)Cc1ccccc1)C(=O)Nc1ccc2ccccc2c1. The number of fused-ring (bicyclic) bond motifs is 4. The van der Waals surface area contributed by atoms with Crippen molar-refractivity contribution in [3.8, 4) is 11.1 Å². The molecule has 0 saturated heterocycles. The Balaban J connectivity index is 1.13. The van der Waals surface area contributed by atoms with Crippen molar-refractivity contribution < 1.29 is 38.6 Å². The molecule has 62 heavy (non-hydrogen) atoms. The number of hydrogen-bond acceptors (Lipinski definition) is 8. The molecule has 4 amide bonds. The summed E-state index contributed by atoms with van der Waals surface area (Å²) < 4.78 is 11.4. The van der Waals surface area contributed by atoms with E-state index in [-0.39, 0.29) is 38.4 Å². The van der Waals surface area contributed by atoms with Crippen molar-refractivity contribution in [2.45, 2.75) is 56.1 Å². The van der Waals surface area contributed by atoms with Crippen molar-refractivity contribution in [3.63, 3.8) is 0 Å². The fraction of sp³-hybridized carbons (Fsp3) is 0.260. The summed E-state index contributed by atoms with van der Waals surface area (Å²) in [7, 11) is 0. The molecule has 0 heterocycles. The smallest absolute Gasteiger partial charge is 0.407 e. The lowest BCUT2D eigenvalue weighted by atomic mass is 9.98. The van der Waals surface area contributed by atoms with Gasteiger partial charge in [0.2, 0.25) is 11.8 Å². The Hall–Kier alpha value is -7.05. The number of benzene rings is 5. The summed E-state index contributed by atoms with van der Waals surface area (Å²) in [6.07, 6.45) is 2.95. The van der Waals surface area contributed by atoms with Crippen molar-refractivity contribution in [2.75, 3.05) is 25.1 Å². The summed E-state index contributed by atoms with van der Waals surface area (Å²) in [5.41, 5.74) is 5.58. The van der Waals surface area contributed by atoms with Crippen LogP contribution in [0, 0.1) is 5.92 Å². The van der Waals surface area contributed by atoms with E-state index in [0.717, 1.165) is 38.6 Å². The van der Waals surface area contributed by atoms with E-state index in [1.165, 1.54) is 6.08 Å². The number of nitrogens with one attached hydrogen (secondary N) is 4. The van der Waals surface area contributed by atoms with Gasteiger partial charge in [0.05, 0.1) is 18.6 Å². The normalized spacial score (nSPS) is 13.6. The average Bonchev–Trinajstić information content (AvgIpc) is 3.61. The quantitative estimate of drug-likeness (QED) is 0.0389. The van der Waals surface area contributed by atoms with Crippen molar-refractivity contribution in [1.29, 1.82) is 0 Å². The maximum absolute atomic E-state index is 13.9. The average molecular weight is 837 g/mol. The molecular formula is C50H52N4O8. The molecule has 1 aliphatic rings. The third-order valence-electron chi connectivity index (χ3n) is 10.8. The van der Waals surface area contributed by atoms with Gasteiger partial charge in [-0.3, -0.25) is 14.4 Å². The van der Waals surface area contributed by atoms with Crippen LogP contribution >= 0.6 is 0 Å². The molecule has 0 aliphatic heterocycles. The molecule has 6 rings (SSSR count). The lowest BCUT2D eigenvalue weighted by Crippen LogP contribution is -2.51. The zero-order valence-electron chi connectivity index (χ0n) is 34.5. The van der Waals surface area contributed by atoms with Crippen molar-refractivity contribution in [1.82, 2.24) is 16.0 Å². The number of rotatable bonds is 21. The third-order valence-corrected chi connectivity index (χ3v) is 10.8. The topological polar surface area (TPSA) is 172 Å².